The summed E-state index contributed by atoms with van der Waals surface area (Å²) >= 11 is 3.20. The van der Waals surface area contributed by atoms with Gasteiger partial charge in [0.2, 0.25) is 0 Å². The molecule has 0 unspecified atom stereocenters. The summed E-state index contributed by atoms with van der Waals surface area (Å²) in [5.74, 6) is 0.506. The van der Waals surface area contributed by atoms with Gasteiger partial charge in [-0.15, -0.1) is 21.5 Å². The van der Waals surface area contributed by atoms with Crippen molar-refractivity contribution in [2.24, 2.45) is 0 Å². The van der Waals surface area contributed by atoms with Gasteiger partial charge in [-0.1, -0.05) is 41.6 Å². The molecule has 24 heavy (non-hydrogen) atoms. The zero-order valence-electron chi connectivity index (χ0n) is 13.7. The van der Waals surface area contributed by atoms with Crippen molar-refractivity contribution in [3.8, 4) is 0 Å². The van der Waals surface area contributed by atoms with Crippen LogP contribution in [0.4, 0.5) is 0 Å². The maximum Gasteiger partial charge on any atom is 0.191 e. The SMILES string of the molecule is Cc1ccc(C(=O)CSc2nncn2CCc2cccs2)c(C)c1. The van der Waals surface area contributed by atoms with E-state index >= 15 is 0 Å². The molecule has 2 heterocycles. The third-order valence-electron chi connectivity index (χ3n) is 3.77. The minimum Gasteiger partial charge on any atom is -0.308 e. The zero-order chi connectivity index (χ0) is 16.9. The number of benzene rings is 1. The molecule has 0 aliphatic heterocycles. The first-order chi connectivity index (χ1) is 11.6. The number of aryl methyl sites for hydroxylation is 4. The predicted octanol–water partition coefficient (Wildman–Crippen LogP) is 4.17. The third kappa shape index (κ3) is 4.13. The van der Waals surface area contributed by atoms with Crippen molar-refractivity contribution in [1.29, 1.82) is 0 Å². The van der Waals surface area contributed by atoms with Crippen LogP contribution in [0.1, 0.15) is 26.4 Å². The van der Waals surface area contributed by atoms with Gasteiger partial charge in [0.25, 0.3) is 0 Å². The lowest BCUT2D eigenvalue weighted by atomic mass is 10.0. The van der Waals surface area contributed by atoms with Crippen LogP contribution >= 0.6 is 23.1 Å². The summed E-state index contributed by atoms with van der Waals surface area (Å²) < 4.78 is 2.01. The molecule has 0 saturated carbocycles. The van der Waals surface area contributed by atoms with E-state index in [2.05, 4.69) is 27.7 Å². The van der Waals surface area contributed by atoms with E-state index in [1.807, 2.05) is 36.6 Å². The summed E-state index contributed by atoms with van der Waals surface area (Å²) in [6.07, 6.45) is 2.69. The number of Topliss-reactive ketones (excluding diaryl/α,β-unsaturated/α-hetero) is 1. The van der Waals surface area contributed by atoms with Gasteiger partial charge in [-0.2, -0.15) is 0 Å². The van der Waals surface area contributed by atoms with Crippen molar-refractivity contribution in [3.63, 3.8) is 0 Å². The molecule has 124 valence electrons. The minimum absolute atomic E-state index is 0.130. The second-order valence-electron chi connectivity index (χ2n) is 5.67. The molecule has 2 aromatic heterocycles. The molecule has 3 rings (SSSR count). The highest BCUT2D eigenvalue weighted by atomic mass is 32.2. The largest absolute Gasteiger partial charge is 0.308 e. The molecule has 0 radical (unpaired) electrons. The standard InChI is InChI=1S/C18H19N3OS2/c1-13-5-6-16(14(2)10-13)17(22)11-24-18-20-19-12-21(18)8-7-15-4-3-9-23-15/h3-6,9-10,12H,7-8,11H2,1-2H3. The van der Waals surface area contributed by atoms with Crippen LogP contribution in [-0.4, -0.2) is 26.3 Å². The average Bonchev–Trinajstić information content (AvgIpc) is 3.22. The van der Waals surface area contributed by atoms with Crippen molar-refractivity contribution in [2.45, 2.75) is 32.0 Å². The Morgan fingerprint density at radius 2 is 2.17 bits per heavy atom. The Morgan fingerprint density at radius 3 is 2.92 bits per heavy atom. The van der Waals surface area contributed by atoms with Gasteiger partial charge in [0, 0.05) is 17.0 Å². The van der Waals surface area contributed by atoms with Crippen LogP contribution < -0.4 is 0 Å². The molecule has 0 N–H and O–H groups in total. The molecule has 0 atom stereocenters. The molecule has 6 heteroatoms. The van der Waals surface area contributed by atoms with Crippen LogP contribution in [0.3, 0.4) is 0 Å². The number of thiophene rings is 1. The van der Waals surface area contributed by atoms with Crippen molar-refractivity contribution in [1.82, 2.24) is 14.8 Å². The van der Waals surface area contributed by atoms with Crippen LogP contribution in [0.25, 0.3) is 0 Å². The molecular formula is C18H19N3OS2. The molecule has 0 fully saturated rings. The summed E-state index contributed by atoms with van der Waals surface area (Å²) in [5, 5.41) is 11.0. The summed E-state index contributed by atoms with van der Waals surface area (Å²) in [5.41, 5.74) is 2.99. The first kappa shape index (κ1) is 16.9. The van der Waals surface area contributed by atoms with Crippen molar-refractivity contribution in [2.75, 3.05) is 5.75 Å². The lowest BCUT2D eigenvalue weighted by molar-refractivity contribution is 0.102. The van der Waals surface area contributed by atoms with Gasteiger partial charge < -0.3 is 4.57 Å². The Kier molecular flexibility index (Phi) is 5.48. The quantitative estimate of drug-likeness (QED) is 0.470. The Hall–Kier alpha value is -1.92. The smallest absolute Gasteiger partial charge is 0.191 e. The molecule has 0 aliphatic rings. The third-order valence-corrected chi connectivity index (χ3v) is 5.69. The number of aromatic nitrogens is 3. The number of hydrogen-bond acceptors (Lipinski definition) is 5. The van der Waals surface area contributed by atoms with E-state index in [1.165, 1.54) is 22.2 Å². The zero-order valence-corrected chi connectivity index (χ0v) is 15.4. The normalized spacial score (nSPS) is 10.9. The number of nitrogens with zero attached hydrogens (tertiary/aromatic N) is 3. The fourth-order valence-corrected chi connectivity index (χ4v) is 4.05. The summed E-state index contributed by atoms with van der Waals surface area (Å²) in [7, 11) is 0. The van der Waals surface area contributed by atoms with E-state index in [1.54, 1.807) is 17.7 Å². The lowest BCUT2D eigenvalue weighted by Gasteiger charge is -2.07. The van der Waals surface area contributed by atoms with Crippen LogP contribution in [0.2, 0.25) is 0 Å². The van der Waals surface area contributed by atoms with Crippen LogP contribution in [-0.2, 0) is 13.0 Å². The molecule has 1 aromatic carbocycles. The van der Waals surface area contributed by atoms with E-state index in [-0.39, 0.29) is 5.78 Å². The number of carbonyl (C=O) groups excluding carboxylic acids is 1. The number of ketones is 1. The highest BCUT2D eigenvalue weighted by Crippen LogP contribution is 2.20. The molecular weight excluding hydrogens is 338 g/mol. The number of rotatable bonds is 7. The number of hydrogen-bond donors (Lipinski definition) is 0. The fourth-order valence-electron chi connectivity index (χ4n) is 2.53. The molecule has 4 nitrogen and oxygen atoms in total. The predicted molar refractivity (Wildman–Crippen MR) is 99.0 cm³/mol. The van der Waals surface area contributed by atoms with E-state index in [0.717, 1.165) is 29.2 Å². The Bertz CT molecular complexity index is 825. The van der Waals surface area contributed by atoms with Gasteiger partial charge >= 0.3 is 0 Å². The van der Waals surface area contributed by atoms with Gasteiger partial charge in [0.05, 0.1) is 5.75 Å². The van der Waals surface area contributed by atoms with Gasteiger partial charge in [-0.05, 0) is 37.3 Å². The second-order valence-corrected chi connectivity index (χ2v) is 7.64. The van der Waals surface area contributed by atoms with E-state index in [9.17, 15) is 4.79 Å². The topological polar surface area (TPSA) is 47.8 Å². The van der Waals surface area contributed by atoms with E-state index in [4.69, 9.17) is 0 Å². The lowest BCUT2D eigenvalue weighted by Crippen LogP contribution is -2.07. The van der Waals surface area contributed by atoms with Crippen molar-refractivity contribution >= 4 is 28.9 Å². The van der Waals surface area contributed by atoms with Crippen LogP contribution in [0.15, 0.2) is 47.2 Å². The maximum absolute atomic E-state index is 12.5. The Morgan fingerprint density at radius 1 is 1.29 bits per heavy atom. The Labute approximate surface area is 149 Å². The fraction of sp³-hybridized carbons (Fsp3) is 0.278. The van der Waals surface area contributed by atoms with Crippen LogP contribution in [0.5, 0.6) is 0 Å². The molecule has 0 bridgehead atoms. The Balaban J connectivity index is 1.60. The highest BCUT2D eigenvalue weighted by Gasteiger charge is 2.12. The van der Waals surface area contributed by atoms with Gasteiger partial charge in [0.1, 0.15) is 6.33 Å². The first-order valence-electron chi connectivity index (χ1n) is 7.77. The number of thioether (sulfide) groups is 1. The number of carbonyl (C=O) groups is 1. The molecule has 0 saturated heterocycles. The van der Waals surface area contributed by atoms with Gasteiger partial charge in [-0.25, -0.2) is 0 Å². The van der Waals surface area contributed by atoms with Crippen molar-refractivity contribution < 1.29 is 4.79 Å². The van der Waals surface area contributed by atoms with E-state index in [0.29, 0.717) is 5.75 Å². The molecule has 3 aromatic rings. The van der Waals surface area contributed by atoms with E-state index < -0.39 is 0 Å². The second kappa shape index (κ2) is 7.77. The highest BCUT2D eigenvalue weighted by molar-refractivity contribution is 7.99. The molecule has 0 aliphatic carbocycles. The monoisotopic (exact) mass is 357 g/mol. The maximum atomic E-state index is 12.5. The molecule has 0 spiro atoms. The summed E-state index contributed by atoms with van der Waals surface area (Å²) in [4.78, 5) is 13.8. The van der Waals surface area contributed by atoms with Crippen LogP contribution in [0, 0.1) is 13.8 Å². The summed E-state index contributed by atoms with van der Waals surface area (Å²) in [6, 6.07) is 10.1. The summed E-state index contributed by atoms with van der Waals surface area (Å²) in [6.45, 7) is 4.84. The average molecular weight is 358 g/mol. The molecule has 0 amide bonds. The van der Waals surface area contributed by atoms with Gasteiger partial charge in [-0.3, -0.25) is 4.79 Å². The van der Waals surface area contributed by atoms with Crippen molar-refractivity contribution in [3.05, 3.63) is 63.6 Å². The minimum atomic E-state index is 0.130. The van der Waals surface area contributed by atoms with Gasteiger partial charge in [0.15, 0.2) is 10.9 Å². The first-order valence-corrected chi connectivity index (χ1v) is 9.63.